The van der Waals surface area contributed by atoms with Gasteiger partial charge in [-0.2, -0.15) is 0 Å². The lowest BCUT2D eigenvalue weighted by Crippen LogP contribution is -2.55. The molecule has 176 valence electrons. The van der Waals surface area contributed by atoms with Gasteiger partial charge in [0, 0.05) is 49.4 Å². The second-order valence-electron chi connectivity index (χ2n) is 9.13. The van der Waals surface area contributed by atoms with Gasteiger partial charge in [0.2, 0.25) is 5.91 Å². The Hall–Kier alpha value is -2.26. The molecule has 8 nitrogen and oxygen atoms in total. The average Bonchev–Trinajstić information content (AvgIpc) is 3.15. The number of hydrogen-bond donors (Lipinski definition) is 2. The Balaban J connectivity index is 1.32. The van der Waals surface area contributed by atoms with Gasteiger partial charge >= 0.3 is 0 Å². The second kappa shape index (κ2) is 9.54. The number of benzene rings is 1. The third-order valence-corrected chi connectivity index (χ3v) is 7.27. The average molecular weight is 472 g/mol. The Morgan fingerprint density at radius 2 is 1.97 bits per heavy atom. The van der Waals surface area contributed by atoms with E-state index >= 15 is 0 Å². The fourth-order valence-corrected chi connectivity index (χ4v) is 5.43. The van der Waals surface area contributed by atoms with E-state index in [1.165, 1.54) is 6.33 Å². The fraction of sp³-hybridized carbons (Fsp3) is 0.542. The van der Waals surface area contributed by atoms with E-state index in [2.05, 4.69) is 27.1 Å². The van der Waals surface area contributed by atoms with Gasteiger partial charge in [-0.15, -0.1) is 0 Å². The van der Waals surface area contributed by atoms with Crippen LogP contribution < -0.4 is 10.2 Å². The van der Waals surface area contributed by atoms with E-state index in [1.807, 2.05) is 29.2 Å². The number of morpholine rings is 1. The van der Waals surface area contributed by atoms with Crippen molar-refractivity contribution in [2.75, 3.05) is 50.8 Å². The first-order valence-electron chi connectivity index (χ1n) is 11.7. The number of halogens is 1. The standard InChI is InChI=1S/C24H30ClN5O3/c1-15-12-19(31)22-20(15)23(28-14-27-22)29-7-9-30(10-8-29)24(32)21(18-13-33-11-6-26-18)16-2-4-17(25)5-3-16/h2-5,14-15,18-19,21,26,31H,6-13H2,1H3/t15-,18+,19-,21?/m1/s1. The maximum atomic E-state index is 13.7. The Morgan fingerprint density at radius 3 is 2.67 bits per heavy atom. The summed E-state index contributed by atoms with van der Waals surface area (Å²) in [6, 6.07) is 7.48. The van der Waals surface area contributed by atoms with Crippen LogP contribution in [0.2, 0.25) is 5.02 Å². The second-order valence-corrected chi connectivity index (χ2v) is 9.56. The number of nitrogens with one attached hydrogen (secondary N) is 1. The summed E-state index contributed by atoms with van der Waals surface area (Å²) >= 11 is 6.10. The van der Waals surface area contributed by atoms with E-state index in [0.29, 0.717) is 50.8 Å². The Bertz CT molecular complexity index is 990. The van der Waals surface area contributed by atoms with Crippen LogP contribution >= 0.6 is 11.6 Å². The van der Waals surface area contributed by atoms with Crippen LogP contribution in [0.25, 0.3) is 0 Å². The molecule has 1 aromatic carbocycles. The first-order chi connectivity index (χ1) is 16.0. The molecular formula is C24H30ClN5O3. The number of ether oxygens (including phenoxy) is 1. The highest BCUT2D eigenvalue weighted by Crippen LogP contribution is 2.42. The SMILES string of the molecule is C[C@@H]1C[C@@H](O)c2ncnc(N3CCN(C(=O)C(c4ccc(Cl)cc4)[C@@H]4COCCN4)CC3)c21. The zero-order chi connectivity index (χ0) is 22.9. The number of fused-ring (bicyclic) bond motifs is 1. The normalized spacial score (nSPS) is 26.2. The number of amides is 1. The number of piperazine rings is 1. The van der Waals surface area contributed by atoms with E-state index < -0.39 is 6.10 Å². The van der Waals surface area contributed by atoms with Crippen LogP contribution in [0.1, 0.15) is 48.1 Å². The molecule has 1 aromatic heterocycles. The molecular weight excluding hydrogens is 442 g/mol. The third-order valence-electron chi connectivity index (χ3n) is 7.02. The van der Waals surface area contributed by atoms with Gasteiger partial charge in [0.15, 0.2) is 0 Å². The van der Waals surface area contributed by atoms with Gasteiger partial charge in [-0.3, -0.25) is 4.79 Å². The van der Waals surface area contributed by atoms with Crippen molar-refractivity contribution in [3.63, 3.8) is 0 Å². The van der Waals surface area contributed by atoms with Gasteiger partial charge in [0.05, 0.1) is 30.9 Å². The summed E-state index contributed by atoms with van der Waals surface area (Å²) < 4.78 is 5.68. The number of aliphatic hydroxyl groups is 1. The van der Waals surface area contributed by atoms with Gasteiger partial charge in [-0.05, 0) is 30.0 Å². The molecule has 0 saturated carbocycles. The third kappa shape index (κ3) is 4.45. The van der Waals surface area contributed by atoms with Gasteiger partial charge in [-0.1, -0.05) is 30.7 Å². The van der Waals surface area contributed by atoms with Crippen molar-refractivity contribution in [2.45, 2.75) is 37.3 Å². The van der Waals surface area contributed by atoms with Crippen molar-refractivity contribution < 1.29 is 14.6 Å². The molecule has 9 heteroatoms. The maximum Gasteiger partial charge on any atom is 0.231 e. The van der Waals surface area contributed by atoms with Crippen LogP contribution in [0.4, 0.5) is 5.82 Å². The zero-order valence-electron chi connectivity index (χ0n) is 18.8. The summed E-state index contributed by atoms with van der Waals surface area (Å²) in [5.41, 5.74) is 2.75. The van der Waals surface area contributed by atoms with E-state index in [9.17, 15) is 9.90 Å². The molecule has 0 bridgehead atoms. The van der Waals surface area contributed by atoms with E-state index in [-0.39, 0.29) is 23.8 Å². The lowest BCUT2D eigenvalue weighted by Gasteiger charge is -2.40. The predicted molar refractivity (Wildman–Crippen MR) is 126 cm³/mol. The van der Waals surface area contributed by atoms with Gasteiger partial charge < -0.3 is 25.0 Å². The first kappa shape index (κ1) is 22.5. The van der Waals surface area contributed by atoms with Crippen LogP contribution in [0.5, 0.6) is 0 Å². The van der Waals surface area contributed by atoms with Crippen LogP contribution in [0, 0.1) is 0 Å². The highest BCUT2D eigenvalue weighted by Gasteiger charge is 2.37. The number of hydrogen-bond acceptors (Lipinski definition) is 7. The van der Waals surface area contributed by atoms with E-state index in [0.717, 1.165) is 29.2 Å². The Kier molecular flexibility index (Phi) is 6.51. The molecule has 1 aliphatic carbocycles. The molecule has 2 aromatic rings. The van der Waals surface area contributed by atoms with E-state index in [1.54, 1.807) is 0 Å². The number of aromatic nitrogens is 2. The number of anilines is 1. The minimum atomic E-state index is -0.523. The molecule has 3 heterocycles. The fourth-order valence-electron chi connectivity index (χ4n) is 5.31. The van der Waals surface area contributed by atoms with Gasteiger partial charge in [-0.25, -0.2) is 9.97 Å². The molecule has 2 saturated heterocycles. The quantitative estimate of drug-likeness (QED) is 0.705. The minimum absolute atomic E-state index is 0.0714. The molecule has 2 fully saturated rings. The van der Waals surface area contributed by atoms with Crippen molar-refractivity contribution >= 4 is 23.3 Å². The Labute approximate surface area is 198 Å². The smallest absolute Gasteiger partial charge is 0.231 e. The van der Waals surface area contributed by atoms with Crippen molar-refractivity contribution in [3.8, 4) is 0 Å². The number of rotatable bonds is 4. The van der Waals surface area contributed by atoms with Crippen molar-refractivity contribution in [3.05, 3.63) is 52.4 Å². The highest BCUT2D eigenvalue weighted by atomic mass is 35.5. The molecule has 2 N–H and O–H groups in total. The highest BCUT2D eigenvalue weighted by molar-refractivity contribution is 6.30. The zero-order valence-corrected chi connectivity index (χ0v) is 19.5. The number of carbonyl (C=O) groups is 1. The summed E-state index contributed by atoms with van der Waals surface area (Å²) in [5, 5.41) is 14.4. The maximum absolute atomic E-state index is 13.7. The van der Waals surface area contributed by atoms with Crippen LogP contribution in [0.15, 0.2) is 30.6 Å². The molecule has 33 heavy (non-hydrogen) atoms. The number of aliphatic hydroxyl groups excluding tert-OH is 1. The molecule has 4 atom stereocenters. The Morgan fingerprint density at radius 1 is 1.21 bits per heavy atom. The summed E-state index contributed by atoms with van der Waals surface area (Å²) in [5.74, 6) is 0.898. The van der Waals surface area contributed by atoms with Crippen LogP contribution in [0.3, 0.4) is 0 Å². The molecule has 5 rings (SSSR count). The molecule has 0 radical (unpaired) electrons. The van der Waals surface area contributed by atoms with Gasteiger partial charge in [0.25, 0.3) is 0 Å². The topological polar surface area (TPSA) is 90.8 Å². The predicted octanol–water partition coefficient (Wildman–Crippen LogP) is 2.09. The monoisotopic (exact) mass is 471 g/mol. The van der Waals surface area contributed by atoms with Crippen molar-refractivity contribution in [1.82, 2.24) is 20.2 Å². The largest absolute Gasteiger partial charge is 0.387 e. The molecule has 2 aliphatic heterocycles. The van der Waals surface area contributed by atoms with Crippen molar-refractivity contribution in [2.24, 2.45) is 0 Å². The lowest BCUT2D eigenvalue weighted by molar-refractivity contribution is -0.134. The molecule has 0 spiro atoms. The number of carbonyl (C=O) groups excluding carboxylic acids is 1. The first-order valence-corrected chi connectivity index (χ1v) is 12.0. The summed E-state index contributed by atoms with van der Waals surface area (Å²) in [6.45, 7) is 6.63. The molecule has 1 unspecified atom stereocenters. The van der Waals surface area contributed by atoms with Gasteiger partial charge in [0.1, 0.15) is 12.1 Å². The summed E-state index contributed by atoms with van der Waals surface area (Å²) in [7, 11) is 0. The molecule has 3 aliphatic rings. The summed E-state index contributed by atoms with van der Waals surface area (Å²) in [4.78, 5) is 26.8. The van der Waals surface area contributed by atoms with Crippen LogP contribution in [-0.4, -0.2) is 77.9 Å². The van der Waals surface area contributed by atoms with Crippen molar-refractivity contribution in [1.29, 1.82) is 0 Å². The lowest BCUT2D eigenvalue weighted by atomic mass is 9.89. The van der Waals surface area contributed by atoms with Crippen LogP contribution in [-0.2, 0) is 9.53 Å². The number of nitrogens with zero attached hydrogens (tertiary/aromatic N) is 4. The van der Waals surface area contributed by atoms with E-state index in [4.69, 9.17) is 16.3 Å². The molecule has 1 amide bonds. The minimum Gasteiger partial charge on any atom is -0.387 e. The summed E-state index contributed by atoms with van der Waals surface area (Å²) in [6.07, 6.45) is 1.70.